The smallest absolute Gasteiger partial charge is 0.683 e. The molecule has 31 heavy (non-hydrogen) atoms. The van der Waals surface area contributed by atoms with Crippen LogP contribution in [-0.4, -0.2) is 31.9 Å². The molecular weight excluding hydrogens is 430 g/mol. The van der Waals surface area contributed by atoms with E-state index in [0.29, 0.717) is 0 Å². The van der Waals surface area contributed by atoms with Gasteiger partial charge in [0, 0.05) is 42.6 Å². The van der Waals surface area contributed by atoms with Gasteiger partial charge in [-0.3, -0.25) is 4.99 Å². The second-order valence-electron chi connectivity index (χ2n) is 7.01. The van der Waals surface area contributed by atoms with E-state index < -0.39 is 0 Å². The molecule has 0 fully saturated rings. The van der Waals surface area contributed by atoms with Gasteiger partial charge >= 0.3 is 17.1 Å². The molecule has 0 N–H and O–H groups in total. The van der Waals surface area contributed by atoms with Crippen LogP contribution in [0.15, 0.2) is 71.4 Å². The van der Waals surface area contributed by atoms with Gasteiger partial charge < -0.3 is 16.0 Å². The number of fused-ring (bicyclic) bond motifs is 2. The maximum absolute atomic E-state index is 7.25. The Morgan fingerprint density at radius 1 is 0.839 bits per heavy atom. The number of nitroso groups, excluding NO2 is 1. The molecule has 0 saturated carbocycles. The van der Waals surface area contributed by atoms with Crippen LogP contribution < -0.4 is 5.59 Å². The quantitative estimate of drug-likeness (QED) is 0.312. The van der Waals surface area contributed by atoms with Crippen LogP contribution in [0.1, 0.15) is 38.5 Å². The number of hydrogen-bond acceptors (Lipinski definition) is 2. The molecule has 1 aliphatic carbocycles. The first-order chi connectivity index (χ1) is 14.9. The minimum Gasteiger partial charge on any atom is -0.683 e. The summed E-state index contributed by atoms with van der Waals surface area (Å²) in [6, 6.07) is 10.3. The zero-order valence-corrected chi connectivity index (χ0v) is 18.9. The second kappa shape index (κ2) is 17.2. The minimum absolute atomic E-state index is 0. The summed E-state index contributed by atoms with van der Waals surface area (Å²) in [4.78, 5) is 12.0. The van der Waals surface area contributed by atoms with Crippen molar-refractivity contribution in [2.75, 3.05) is 26.2 Å². The molecule has 3 rings (SSSR count). The van der Waals surface area contributed by atoms with Crippen molar-refractivity contribution in [1.29, 1.82) is 0 Å². The van der Waals surface area contributed by atoms with Crippen LogP contribution >= 0.6 is 0 Å². The first kappa shape index (κ1) is 26.5. The molecule has 0 atom stereocenters. The molecule has 1 radical (unpaired) electrons. The Morgan fingerprint density at radius 2 is 1.61 bits per heavy atom. The fourth-order valence-electron chi connectivity index (χ4n) is 3.19. The average molecular weight is 460 g/mol. The van der Waals surface area contributed by atoms with Crippen LogP contribution in [0.2, 0.25) is 0 Å². The molecule has 1 heterocycles. The largest absolute Gasteiger partial charge is 2.00 e. The topological polar surface area (TPSA) is 94.0 Å². The van der Waals surface area contributed by atoms with Gasteiger partial charge in [-0.2, -0.15) is 0 Å². The van der Waals surface area contributed by atoms with Crippen molar-refractivity contribution in [2.24, 2.45) is 4.99 Å². The zero-order valence-electron chi connectivity index (χ0n) is 17.8. The first-order valence-electron chi connectivity index (χ1n) is 10.7. The molecule has 7 heteroatoms. The summed E-state index contributed by atoms with van der Waals surface area (Å²) in [5.41, 5.74) is 9.78. The molecule has 0 amide bonds. The molecule has 165 valence electrons. The molecule has 0 unspecified atom stereocenters. The average Bonchev–Trinajstić information content (AvgIpc) is 3.14. The SMILES string of the molecule is C1=CC=C2[N-]CCCCC[N-][c+]3cccccc3[N-]CCCCCN=C2C=C1.[Fe+2].[N]=O. The third-order valence-electron chi connectivity index (χ3n) is 4.75. The fraction of sp³-hybridized carbons (Fsp3) is 0.417. The number of rotatable bonds is 0. The molecule has 1 aromatic rings. The Kier molecular flexibility index (Phi) is 14.7. The Labute approximate surface area is 196 Å². The van der Waals surface area contributed by atoms with E-state index in [9.17, 15) is 0 Å². The van der Waals surface area contributed by atoms with E-state index in [1.54, 1.807) is 0 Å². The van der Waals surface area contributed by atoms with Crippen molar-refractivity contribution in [3.63, 3.8) is 0 Å². The van der Waals surface area contributed by atoms with Crippen molar-refractivity contribution >= 4 is 17.1 Å². The molecule has 0 aromatic heterocycles. The van der Waals surface area contributed by atoms with Crippen molar-refractivity contribution in [3.8, 4) is 0 Å². The van der Waals surface area contributed by atoms with E-state index in [1.807, 2.05) is 36.4 Å². The third-order valence-corrected chi connectivity index (χ3v) is 4.75. The van der Waals surface area contributed by atoms with E-state index in [0.717, 1.165) is 87.5 Å². The van der Waals surface area contributed by atoms with Crippen LogP contribution in [0.25, 0.3) is 16.0 Å². The van der Waals surface area contributed by atoms with Crippen molar-refractivity contribution < 1.29 is 17.1 Å². The number of aliphatic imine (C=N–C) groups is 1. The predicted molar refractivity (Wildman–Crippen MR) is 127 cm³/mol. The van der Waals surface area contributed by atoms with Gasteiger partial charge in [0.2, 0.25) is 0 Å². The maximum atomic E-state index is 7.25. The van der Waals surface area contributed by atoms with Crippen LogP contribution in [0.3, 0.4) is 0 Å². The van der Waals surface area contributed by atoms with Crippen LogP contribution in [0.4, 0.5) is 11.4 Å². The Bertz CT molecular complexity index is 767. The minimum atomic E-state index is 0. The van der Waals surface area contributed by atoms with E-state index >= 15 is 0 Å². The van der Waals surface area contributed by atoms with Gasteiger partial charge in [-0.05, 0) is 23.9 Å². The molecule has 0 bridgehead atoms. The normalized spacial score (nSPS) is 17.3. The standard InChI is InChI=1S/C24H30N4.Fe.NO/c1-5-13-21-22(14-6-1)26-18-10-4-12-20-28-24-16-8-2-7-15-23(24)27-19-11-3-9-17-25-21;;1-2/h1-2,5-8,13-16H,3-4,9-12,17-20H2;;/q-2;+2;. The molecule has 0 saturated heterocycles. The molecule has 6 nitrogen and oxygen atoms in total. The summed E-state index contributed by atoms with van der Waals surface area (Å²) >= 11 is 0. The number of nitrogens with zero attached hydrogens (tertiary/aromatic N) is 5. The monoisotopic (exact) mass is 460 g/mol. The van der Waals surface area contributed by atoms with E-state index in [-0.39, 0.29) is 17.1 Å². The summed E-state index contributed by atoms with van der Waals surface area (Å²) in [6.45, 7) is 3.36. The van der Waals surface area contributed by atoms with Gasteiger partial charge in [-0.1, -0.05) is 56.4 Å². The molecule has 1 aromatic carbocycles. The summed E-state index contributed by atoms with van der Waals surface area (Å²) in [7, 11) is 0. The van der Waals surface area contributed by atoms with Gasteiger partial charge in [0.15, 0.2) is 0 Å². The number of allylic oxidation sites excluding steroid dienone is 5. The van der Waals surface area contributed by atoms with Gasteiger partial charge in [-0.15, -0.1) is 30.2 Å². The Hall–Kier alpha value is -2.50. The van der Waals surface area contributed by atoms with Gasteiger partial charge in [-0.25, -0.2) is 0 Å². The first-order valence-corrected chi connectivity index (χ1v) is 10.7. The van der Waals surface area contributed by atoms with Gasteiger partial charge in [0.25, 0.3) is 0 Å². The van der Waals surface area contributed by atoms with Crippen molar-refractivity contribution in [2.45, 2.75) is 38.5 Å². The Balaban J connectivity index is 0.00000156. The van der Waals surface area contributed by atoms with E-state index in [4.69, 9.17) is 31.4 Å². The summed E-state index contributed by atoms with van der Waals surface area (Å²) in [5, 5.41) is 14.4. The van der Waals surface area contributed by atoms with Gasteiger partial charge in [0.1, 0.15) is 5.59 Å². The van der Waals surface area contributed by atoms with Crippen molar-refractivity contribution in [3.05, 3.63) is 87.3 Å². The second-order valence-corrected chi connectivity index (χ2v) is 7.01. The summed E-state index contributed by atoms with van der Waals surface area (Å²) in [5.74, 6) is 0. The predicted octanol–water partition coefficient (Wildman–Crippen LogP) is 6.71. The maximum Gasteiger partial charge on any atom is 2.00 e. The number of hydrogen-bond donors (Lipinski definition) is 0. The van der Waals surface area contributed by atoms with Crippen LogP contribution in [0, 0.1) is 4.91 Å². The Morgan fingerprint density at radius 3 is 2.48 bits per heavy atom. The van der Waals surface area contributed by atoms with E-state index in [1.165, 1.54) is 0 Å². The molecular formula is C24H30FeN5O. The zero-order chi connectivity index (χ0) is 21.3. The summed E-state index contributed by atoms with van der Waals surface area (Å²) < 4.78 is 0. The van der Waals surface area contributed by atoms with Gasteiger partial charge in [0.05, 0.1) is 0 Å². The van der Waals surface area contributed by atoms with Crippen LogP contribution in [0.5, 0.6) is 0 Å². The third kappa shape index (κ3) is 10.4. The summed E-state index contributed by atoms with van der Waals surface area (Å²) in [6.07, 6.45) is 16.8. The molecule has 0 spiro atoms. The van der Waals surface area contributed by atoms with E-state index in [2.05, 4.69) is 24.3 Å². The van der Waals surface area contributed by atoms with Crippen molar-refractivity contribution in [1.82, 2.24) is 5.59 Å². The fourth-order valence-corrected chi connectivity index (χ4v) is 3.19. The van der Waals surface area contributed by atoms with Crippen LogP contribution in [-0.2, 0) is 17.1 Å². The molecule has 2 aliphatic rings. The molecule has 1 aliphatic heterocycles.